The molecule has 0 aliphatic rings. The van der Waals surface area contributed by atoms with Gasteiger partial charge in [-0.2, -0.15) is 0 Å². The molecule has 0 aliphatic heterocycles. The highest BCUT2D eigenvalue weighted by Crippen LogP contribution is 1.99. The maximum atomic E-state index is 2.16. The normalized spacial score (nSPS) is 9.89. The minimum atomic E-state index is 1.05. The predicted octanol–water partition coefficient (Wildman–Crippen LogP) is 5.05. The lowest BCUT2D eigenvalue weighted by molar-refractivity contribution is 1.14. The van der Waals surface area contributed by atoms with E-state index in [1.54, 1.807) is 0 Å². The van der Waals surface area contributed by atoms with Gasteiger partial charge in [-0.05, 0) is 30.9 Å². The van der Waals surface area contributed by atoms with Gasteiger partial charge in [0.25, 0.3) is 0 Å². The maximum Gasteiger partial charge on any atom is -0.00976 e. The summed E-state index contributed by atoms with van der Waals surface area (Å²) >= 11 is 0. The fourth-order valence-electron chi connectivity index (χ4n) is 1.58. The summed E-state index contributed by atoms with van der Waals surface area (Å²) in [7, 11) is 0. The van der Waals surface area contributed by atoms with Gasteiger partial charge in [-0.1, -0.05) is 79.7 Å². The van der Waals surface area contributed by atoms with Gasteiger partial charge in [0.05, 0.1) is 0 Å². The van der Waals surface area contributed by atoms with Gasteiger partial charge < -0.3 is 0 Å². The van der Waals surface area contributed by atoms with E-state index in [0.717, 1.165) is 12.8 Å². The Kier molecular flexibility index (Phi) is 7.31. The van der Waals surface area contributed by atoms with Crippen LogP contribution in [0.25, 0.3) is 0 Å². The number of hydrogen-bond acceptors (Lipinski definition) is 0. The molecule has 94 valence electrons. The van der Waals surface area contributed by atoms with E-state index >= 15 is 0 Å². The Hall–Kier alpha value is -1.82. The molecule has 0 unspecified atom stereocenters. The highest BCUT2D eigenvalue weighted by atomic mass is 13.9. The Morgan fingerprint density at radius 3 is 1.67 bits per heavy atom. The topological polar surface area (TPSA) is 0 Å². The quantitative estimate of drug-likeness (QED) is 0.656. The first-order valence-corrected chi connectivity index (χ1v) is 6.55. The summed E-state index contributed by atoms with van der Waals surface area (Å²) in [5, 5.41) is 0. The molecule has 0 amide bonds. The lowest BCUT2D eigenvalue weighted by atomic mass is 10.1. The number of aryl methyl sites for hydroxylation is 1. The molecule has 0 nitrogen and oxygen atoms in total. The largest absolute Gasteiger partial charge is 0.0913 e. The third-order valence-electron chi connectivity index (χ3n) is 2.68. The van der Waals surface area contributed by atoms with Gasteiger partial charge in [-0.3, -0.25) is 0 Å². The molecule has 0 saturated carbocycles. The Bertz CT molecular complexity index is 426. The zero-order valence-electron chi connectivity index (χ0n) is 11.3. The third-order valence-corrected chi connectivity index (χ3v) is 2.68. The molecule has 2 rings (SSSR count). The lowest BCUT2D eigenvalue weighted by Crippen LogP contribution is -1.76. The Morgan fingerprint density at radius 2 is 1.28 bits per heavy atom. The summed E-state index contributed by atoms with van der Waals surface area (Å²) in [5.41, 5.74) is 2.79. The first-order valence-electron chi connectivity index (χ1n) is 6.55. The van der Waals surface area contributed by atoms with Gasteiger partial charge in [-0.15, -0.1) is 0 Å². The van der Waals surface area contributed by atoms with Crippen LogP contribution in [0.4, 0.5) is 0 Å². The molecule has 18 heavy (non-hydrogen) atoms. The fraction of sp³-hybridized carbons (Fsp3) is 0.222. The van der Waals surface area contributed by atoms with Crippen molar-refractivity contribution in [1.82, 2.24) is 0 Å². The molecule has 2 aromatic carbocycles. The van der Waals surface area contributed by atoms with Crippen LogP contribution in [0.2, 0.25) is 0 Å². The van der Waals surface area contributed by atoms with E-state index in [2.05, 4.69) is 67.6 Å². The summed E-state index contributed by atoms with van der Waals surface area (Å²) in [6.07, 6.45) is 6.43. The molecule has 0 aliphatic carbocycles. The smallest absolute Gasteiger partial charge is 0.00976 e. The summed E-state index contributed by atoms with van der Waals surface area (Å²) in [6, 6.07) is 20.9. The van der Waals surface area contributed by atoms with E-state index in [4.69, 9.17) is 0 Å². The van der Waals surface area contributed by atoms with Crippen LogP contribution in [0.3, 0.4) is 0 Å². The summed E-state index contributed by atoms with van der Waals surface area (Å²) in [6.45, 7) is 4.21. The van der Waals surface area contributed by atoms with Crippen LogP contribution in [0, 0.1) is 0 Å². The maximum absolute atomic E-state index is 2.16. The lowest BCUT2D eigenvalue weighted by Gasteiger charge is -1.92. The van der Waals surface area contributed by atoms with Crippen molar-refractivity contribution in [3.05, 3.63) is 83.9 Å². The highest BCUT2D eigenvalue weighted by Gasteiger charge is 1.83. The van der Waals surface area contributed by atoms with E-state index in [0.29, 0.717) is 0 Å². The standard InChI is InChI=1S/C10H12.C8H10/c1-2-3-7-10-8-5-4-6-9-10;1-2-8-6-4-3-5-7-8/h2-6,8-9H,7H2,1H3;3-7H,2H2,1H3. The summed E-state index contributed by atoms with van der Waals surface area (Å²) < 4.78 is 0. The van der Waals surface area contributed by atoms with Crippen molar-refractivity contribution in [2.24, 2.45) is 0 Å². The molecule has 0 N–H and O–H groups in total. The van der Waals surface area contributed by atoms with Crippen LogP contribution in [-0.4, -0.2) is 0 Å². The second-order valence-corrected chi connectivity index (χ2v) is 4.10. The Balaban J connectivity index is 0.000000184. The second kappa shape index (κ2) is 9.23. The van der Waals surface area contributed by atoms with Crippen LogP contribution in [0.15, 0.2) is 72.8 Å². The first kappa shape index (κ1) is 14.2. The minimum Gasteiger partial charge on any atom is -0.0913 e. The van der Waals surface area contributed by atoms with Gasteiger partial charge in [0.2, 0.25) is 0 Å². The van der Waals surface area contributed by atoms with Crippen molar-refractivity contribution in [3.63, 3.8) is 0 Å². The SMILES string of the molecule is CC=CCc1ccccc1.CCc1ccccc1. The van der Waals surface area contributed by atoms with Gasteiger partial charge >= 0.3 is 0 Å². The first-order chi connectivity index (χ1) is 8.86. The van der Waals surface area contributed by atoms with Crippen molar-refractivity contribution in [2.45, 2.75) is 26.7 Å². The zero-order chi connectivity index (χ0) is 13.1. The monoisotopic (exact) mass is 238 g/mol. The van der Waals surface area contributed by atoms with Crippen LogP contribution in [-0.2, 0) is 12.8 Å². The van der Waals surface area contributed by atoms with Crippen molar-refractivity contribution < 1.29 is 0 Å². The average Bonchev–Trinajstić information content (AvgIpc) is 2.48. The predicted molar refractivity (Wildman–Crippen MR) is 80.8 cm³/mol. The van der Waals surface area contributed by atoms with Crippen LogP contribution < -0.4 is 0 Å². The molecule has 2 aromatic rings. The zero-order valence-corrected chi connectivity index (χ0v) is 11.3. The van der Waals surface area contributed by atoms with Crippen molar-refractivity contribution in [3.8, 4) is 0 Å². The Morgan fingerprint density at radius 1 is 0.778 bits per heavy atom. The van der Waals surface area contributed by atoms with Gasteiger partial charge in [-0.25, -0.2) is 0 Å². The molecule has 0 aromatic heterocycles. The summed E-state index contributed by atoms with van der Waals surface area (Å²) in [5.74, 6) is 0. The van der Waals surface area contributed by atoms with Crippen molar-refractivity contribution in [1.29, 1.82) is 0 Å². The molecule has 0 saturated heterocycles. The van der Waals surface area contributed by atoms with Gasteiger partial charge in [0.15, 0.2) is 0 Å². The van der Waals surface area contributed by atoms with E-state index in [1.165, 1.54) is 11.1 Å². The summed E-state index contributed by atoms with van der Waals surface area (Å²) in [4.78, 5) is 0. The highest BCUT2D eigenvalue weighted by molar-refractivity contribution is 5.17. The van der Waals surface area contributed by atoms with Crippen molar-refractivity contribution >= 4 is 0 Å². The van der Waals surface area contributed by atoms with Crippen LogP contribution in [0.5, 0.6) is 0 Å². The number of rotatable bonds is 3. The molecule has 0 fully saturated rings. The van der Waals surface area contributed by atoms with E-state index in [1.807, 2.05) is 19.1 Å². The fourth-order valence-corrected chi connectivity index (χ4v) is 1.58. The van der Waals surface area contributed by atoms with E-state index < -0.39 is 0 Å². The number of benzene rings is 2. The second-order valence-electron chi connectivity index (χ2n) is 4.10. The van der Waals surface area contributed by atoms with E-state index in [9.17, 15) is 0 Å². The van der Waals surface area contributed by atoms with Crippen LogP contribution >= 0.6 is 0 Å². The molecular formula is C18H22. The van der Waals surface area contributed by atoms with E-state index in [-0.39, 0.29) is 0 Å². The molecule has 0 atom stereocenters. The minimum absolute atomic E-state index is 1.05. The molecule has 0 radical (unpaired) electrons. The number of hydrogen-bond donors (Lipinski definition) is 0. The molecule has 0 heteroatoms. The molecular weight excluding hydrogens is 216 g/mol. The van der Waals surface area contributed by atoms with Crippen molar-refractivity contribution in [2.75, 3.05) is 0 Å². The average molecular weight is 238 g/mol. The van der Waals surface area contributed by atoms with Gasteiger partial charge in [0.1, 0.15) is 0 Å². The molecule has 0 heterocycles. The van der Waals surface area contributed by atoms with Crippen LogP contribution in [0.1, 0.15) is 25.0 Å². The molecule has 0 spiro atoms. The number of allylic oxidation sites excluding steroid dienone is 2. The third kappa shape index (κ3) is 6.05. The Labute approximate surface area is 111 Å². The van der Waals surface area contributed by atoms with Gasteiger partial charge in [0, 0.05) is 0 Å². The molecule has 0 bridgehead atoms.